The van der Waals surface area contributed by atoms with Crippen LogP contribution in [-0.4, -0.2) is 21.5 Å². The van der Waals surface area contributed by atoms with Crippen LogP contribution in [0.15, 0.2) is 84.6 Å². The third kappa shape index (κ3) is 5.19. The molecule has 258 valence electrons. The highest BCUT2D eigenvalue weighted by Crippen LogP contribution is 2.70. The normalized spacial score (nSPS) is 38.4. The van der Waals surface area contributed by atoms with Gasteiger partial charge in [0.15, 0.2) is 11.9 Å². The first-order valence-corrected chi connectivity index (χ1v) is 19.1. The molecule has 1 heterocycles. The van der Waals surface area contributed by atoms with Gasteiger partial charge in [-0.2, -0.15) is 5.10 Å². The average Bonchev–Trinajstić information content (AvgIpc) is 3.52. The topological polar surface area (TPSA) is 61.2 Å². The van der Waals surface area contributed by atoms with Gasteiger partial charge in [-0.15, -0.1) is 0 Å². The van der Waals surface area contributed by atoms with Gasteiger partial charge in [0, 0.05) is 17.8 Å². The van der Waals surface area contributed by atoms with Crippen molar-refractivity contribution in [3.8, 4) is 0 Å². The number of ketones is 1. The summed E-state index contributed by atoms with van der Waals surface area (Å²) in [5.41, 5.74) is 4.66. The van der Waals surface area contributed by atoms with Gasteiger partial charge in [0.05, 0.1) is 12.0 Å². The van der Waals surface area contributed by atoms with Crippen LogP contribution in [0.4, 0.5) is 0 Å². The maximum absolute atomic E-state index is 14.7. The summed E-state index contributed by atoms with van der Waals surface area (Å²) >= 11 is 0. The zero-order valence-corrected chi connectivity index (χ0v) is 30.1. The Bertz CT molecular complexity index is 1710. The van der Waals surface area contributed by atoms with E-state index in [1.807, 2.05) is 66.9 Å². The second-order valence-corrected chi connectivity index (χ2v) is 17.4. The van der Waals surface area contributed by atoms with Crippen LogP contribution < -0.4 is 0 Å². The van der Waals surface area contributed by atoms with Crippen LogP contribution in [0, 0.1) is 58.7 Å². The van der Waals surface area contributed by atoms with Crippen LogP contribution in [0.5, 0.6) is 0 Å². The number of aromatic nitrogens is 2. The van der Waals surface area contributed by atoms with E-state index in [1.165, 1.54) is 24.1 Å². The highest BCUT2D eigenvalue weighted by molar-refractivity contribution is 5.95. The first-order chi connectivity index (χ1) is 23.5. The van der Waals surface area contributed by atoms with Crippen molar-refractivity contribution in [2.45, 2.75) is 105 Å². The molecule has 10 unspecified atom stereocenters. The van der Waals surface area contributed by atoms with Crippen molar-refractivity contribution < 1.29 is 14.3 Å². The van der Waals surface area contributed by atoms with E-state index in [1.54, 1.807) is 0 Å². The number of hydrogen-bond donors (Lipinski definition) is 0. The number of allylic oxidation sites excluding steroid dienone is 2. The van der Waals surface area contributed by atoms with Gasteiger partial charge < -0.3 is 4.74 Å². The molecule has 0 radical (unpaired) electrons. The molecule has 4 fully saturated rings. The molecule has 4 saturated carbocycles. The predicted octanol–water partition coefficient (Wildman–Crippen LogP) is 9.88. The Morgan fingerprint density at radius 1 is 0.837 bits per heavy atom. The molecule has 5 aliphatic carbocycles. The van der Waals surface area contributed by atoms with E-state index in [2.05, 4.69) is 51.4 Å². The van der Waals surface area contributed by atoms with Crippen molar-refractivity contribution in [2.75, 3.05) is 0 Å². The Morgan fingerprint density at radius 3 is 2.14 bits per heavy atom. The van der Waals surface area contributed by atoms with Gasteiger partial charge in [-0.25, -0.2) is 0 Å². The lowest BCUT2D eigenvalue weighted by atomic mass is 9.38. The van der Waals surface area contributed by atoms with Crippen molar-refractivity contribution in [3.05, 3.63) is 101 Å². The fourth-order valence-electron chi connectivity index (χ4n) is 12.4. The SMILES string of the molecule is Cc1ccnn1C1CCC2(C)C(CCC3(C)C4CCC5(C)CCC(C(=O)OC(c6ccccc6)c6ccccc6)CC5C4=CC(=O)C32)C1C. The lowest BCUT2D eigenvalue weighted by molar-refractivity contribution is -0.164. The minimum Gasteiger partial charge on any atom is -0.452 e. The van der Waals surface area contributed by atoms with E-state index in [9.17, 15) is 9.59 Å². The highest BCUT2D eigenvalue weighted by atomic mass is 16.5. The summed E-state index contributed by atoms with van der Waals surface area (Å²) < 4.78 is 8.69. The molecule has 1 aromatic heterocycles. The number of hydrogen-bond acceptors (Lipinski definition) is 4. The van der Waals surface area contributed by atoms with Crippen LogP contribution in [0.1, 0.15) is 114 Å². The summed E-state index contributed by atoms with van der Waals surface area (Å²) in [6.45, 7) is 12.0. The maximum Gasteiger partial charge on any atom is 0.309 e. The number of nitrogens with zero attached hydrogens (tertiary/aromatic N) is 2. The van der Waals surface area contributed by atoms with Crippen LogP contribution in [-0.2, 0) is 14.3 Å². The second-order valence-electron chi connectivity index (χ2n) is 17.4. The smallest absolute Gasteiger partial charge is 0.309 e. The molecule has 0 amide bonds. The molecule has 0 N–H and O–H groups in total. The fourth-order valence-corrected chi connectivity index (χ4v) is 12.4. The number of aryl methyl sites for hydroxylation is 1. The minimum absolute atomic E-state index is 0.00731. The van der Waals surface area contributed by atoms with Gasteiger partial charge in [-0.05, 0) is 128 Å². The van der Waals surface area contributed by atoms with Gasteiger partial charge >= 0.3 is 5.97 Å². The van der Waals surface area contributed by atoms with Crippen molar-refractivity contribution >= 4 is 11.8 Å². The number of fused-ring (bicyclic) bond motifs is 7. The molecule has 49 heavy (non-hydrogen) atoms. The molecule has 5 nitrogen and oxygen atoms in total. The van der Waals surface area contributed by atoms with Gasteiger partial charge in [0.25, 0.3) is 0 Å². The Hall–Kier alpha value is -3.47. The predicted molar refractivity (Wildman–Crippen MR) is 192 cm³/mol. The molecule has 0 bridgehead atoms. The maximum atomic E-state index is 14.7. The number of carbonyl (C=O) groups excluding carboxylic acids is 2. The Labute approximate surface area is 292 Å². The summed E-state index contributed by atoms with van der Waals surface area (Å²) in [5.74, 6) is 1.80. The highest BCUT2D eigenvalue weighted by Gasteiger charge is 2.65. The molecule has 3 aromatic rings. The standard InChI is InChI=1S/C44H54N2O3/c1-28-20-25-45-46(28)37-19-24-43(4)34(29(37)2)18-23-44(5)35-17-22-42(3)21-16-32(26-36(42)33(35)27-38(47)40(43)44)41(48)49-39(30-12-8-6-9-13-30)31-14-10-7-11-15-31/h6-15,20,25,27,29,32,34-37,39-40H,16-19,21-24,26H2,1-5H3. The van der Waals surface area contributed by atoms with E-state index in [0.29, 0.717) is 29.6 Å². The first kappa shape index (κ1) is 32.7. The summed E-state index contributed by atoms with van der Waals surface area (Å²) in [5, 5.41) is 4.73. The fraction of sp³-hybridized carbons (Fsp3) is 0.568. The molecule has 5 heteroatoms. The lowest BCUT2D eigenvalue weighted by Gasteiger charge is -2.65. The Balaban J connectivity index is 1.06. The van der Waals surface area contributed by atoms with Crippen LogP contribution in [0.2, 0.25) is 0 Å². The summed E-state index contributed by atoms with van der Waals surface area (Å²) in [6, 6.07) is 22.7. The molecule has 2 aromatic carbocycles. The molecule has 0 spiro atoms. The number of carbonyl (C=O) groups is 2. The number of esters is 1. The van der Waals surface area contributed by atoms with Crippen molar-refractivity contribution in [1.82, 2.24) is 9.78 Å². The zero-order valence-electron chi connectivity index (χ0n) is 30.1. The molecule has 0 saturated heterocycles. The molecule has 0 aliphatic heterocycles. The number of benzene rings is 2. The monoisotopic (exact) mass is 658 g/mol. The third-order valence-electron chi connectivity index (χ3n) is 15.0. The van der Waals surface area contributed by atoms with Gasteiger partial charge in [-0.1, -0.05) is 93.9 Å². The molecule has 5 aliphatic rings. The largest absolute Gasteiger partial charge is 0.452 e. The summed E-state index contributed by atoms with van der Waals surface area (Å²) in [7, 11) is 0. The van der Waals surface area contributed by atoms with Gasteiger partial charge in [-0.3, -0.25) is 14.3 Å². The van der Waals surface area contributed by atoms with Crippen LogP contribution in [0.25, 0.3) is 0 Å². The molecule has 10 atom stereocenters. The van der Waals surface area contributed by atoms with E-state index < -0.39 is 6.10 Å². The van der Waals surface area contributed by atoms with E-state index in [-0.39, 0.29) is 40.0 Å². The van der Waals surface area contributed by atoms with Crippen LogP contribution >= 0.6 is 0 Å². The van der Waals surface area contributed by atoms with Gasteiger partial charge in [0.2, 0.25) is 0 Å². The van der Waals surface area contributed by atoms with E-state index >= 15 is 0 Å². The minimum atomic E-state index is -0.428. The quantitative estimate of drug-likeness (QED) is 0.256. The van der Waals surface area contributed by atoms with E-state index in [4.69, 9.17) is 9.84 Å². The molecule has 8 rings (SSSR count). The number of rotatable bonds is 5. The van der Waals surface area contributed by atoms with Crippen LogP contribution in [0.3, 0.4) is 0 Å². The molecular formula is C44H54N2O3. The van der Waals surface area contributed by atoms with Crippen molar-refractivity contribution in [1.29, 1.82) is 0 Å². The lowest BCUT2D eigenvalue weighted by Crippen LogP contribution is -2.61. The zero-order chi connectivity index (χ0) is 34.1. The number of ether oxygens (including phenoxy) is 1. The molecular weight excluding hydrogens is 604 g/mol. The van der Waals surface area contributed by atoms with Crippen molar-refractivity contribution in [2.24, 2.45) is 51.8 Å². The Morgan fingerprint density at radius 2 is 1.49 bits per heavy atom. The van der Waals surface area contributed by atoms with E-state index in [0.717, 1.165) is 56.1 Å². The first-order valence-electron chi connectivity index (χ1n) is 19.1. The Kier molecular flexibility index (Phi) is 8.07. The van der Waals surface area contributed by atoms with Gasteiger partial charge in [0.1, 0.15) is 0 Å². The average molecular weight is 659 g/mol. The second kappa shape index (κ2) is 12.1. The van der Waals surface area contributed by atoms with Crippen molar-refractivity contribution in [3.63, 3.8) is 0 Å². The third-order valence-corrected chi connectivity index (χ3v) is 15.0. The summed E-state index contributed by atoms with van der Waals surface area (Å²) in [6.07, 6.45) is 13.0. The summed E-state index contributed by atoms with van der Waals surface area (Å²) in [4.78, 5) is 28.8.